The lowest BCUT2D eigenvalue weighted by Gasteiger charge is -2.45. The van der Waals surface area contributed by atoms with E-state index in [-0.39, 0.29) is 56.4 Å². The number of hydrogen-bond acceptors (Lipinski definition) is 7. The zero-order valence-electron chi connectivity index (χ0n) is 25.7. The van der Waals surface area contributed by atoms with Crippen molar-refractivity contribution in [2.45, 2.75) is 94.4 Å². The van der Waals surface area contributed by atoms with Crippen molar-refractivity contribution < 1.29 is 41.4 Å². The van der Waals surface area contributed by atoms with E-state index >= 15 is 0 Å². The summed E-state index contributed by atoms with van der Waals surface area (Å²) < 4.78 is 63.3. The van der Waals surface area contributed by atoms with Crippen LogP contribution in [0.15, 0.2) is 18.2 Å². The SMILES string of the molecule is CN[C@@H](C)C(=O)N[C@H](C(=O)N1C[C@H]2C[C@@H](OCC(F)(F)F)CN2C[C@H]1C(=O)N[C@@H]1CCOc2cc(F)ccc21)C1CCCCC1. The molecule has 1 saturated carbocycles. The monoisotopic (exact) mass is 641 g/mol. The highest BCUT2D eigenvalue weighted by Gasteiger charge is 2.48. The van der Waals surface area contributed by atoms with Crippen molar-refractivity contribution in [3.05, 3.63) is 29.6 Å². The average Bonchev–Trinajstić information content (AvgIpc) is 3.43. The number of halogens is 4. The number of piperazine rings is 1. The van der Waals surface area contributed by atoms with Crippen LogP contribution in [0.2, 0.25) is 0 Å². The molecule has 3 heterocycles. The summed E-state index contributed by atoms with van der Waals surface area (Å²) in [5, 5.41) is 8.89. The second-order valence-corrected chi connectivity index (χ2v) is 12.7. The molecule has 2 saturated heterocycles. The van der Waals surface area contributed by atoms with E-state index in [9.17, 15) is 31.9 Å². The van der Waals surface area contributed by atoms with Gasteiger partial charge in [-0.05, 0) is 45.2 Å². The molecule has 4 aliphatic rings. The van der Waals surface area contributed by atoms with Crippen LogP contribution in [0, 0.1) is 11.7 Å². The average molecular weight is 642 g/mol. The molecule has 3 N–H and O–H groups in total. The molecule has 0 unspecified atom stereocenters. The van der Waals surface area contributed by atoms with E-state index in [2.05, 4.69) is 16.0 Å². The van der Waals surface area contributed by atoms with Gasteiger partial charge < -0.3 is 30.3 Å². The molecule has 45 heavy (non-hydrogen) atoms. The van der Waals surface area contributed by atoms with Crippen molar-refractivity contribution in [2.75, 3.05) is 39.9 Å². The van der Waals surface area contributed by atoms with Crippen LogP contribution in [-0.2, 0) is 19.1 Å². The highest BCUT2D eigenvalue weighted by Crippen LogP contribution is 2.35. The highest BCUT2D eigenvalue weighted by molar-refractivity contribution is 5.93. The number of nitrogens with zero attached hydrogens (tertiary/aromatic N) is 2. The Morgan fingerprint density at radius 2 is 1.84 bits per heavy atom. The molecule has 1 aromatic rings. The summed E-state index contributed by atoms with van der Waals surface area (Å²) in [6.45, 7) is 1.01. The third-order valence-electron chi connectivity index (χ3n) is 9.59. The number of fused-ring (bicyclic) bond motifs is 2. The first kappa shape index (κ1) is 33.4. The maximum absolute atomic E-state index is 14.5. The minimum Gasteiger partial charge on any atom is -0.493 e. The second kappa shape index (κ2) is 14.2. The molecule has 5 rings (SSSR count). The lowest BCUT2D eigenvalue weighted by Crippen LogP contribution is -2.66. The number of hydrogen-bond donors (Lipinski definition) is 3. The Hall–Kier alpha value is -2.97. The number of rotatable bonds is 9. The number of carbonyl (C=O) groups excluding carboxylic acids is 3. The third-order valence-corrected chi connectivity index (χ3v) is 9.59. The number of nitrogens with one attached hydrogen (secondary N) is 3. The zero-order valence-corrected chi connectivity index (χ0v) is 25.7. The number of carbonyl (C=O) groups is 3. The first-order valence-electron chi connectivity index (χ1n) is 15.9. The van der Waals surface area contributed by atoms with Crippen LogP contribution in [0.25, 0.3) is 0 Å². The van der Waals surface area contributed by atoms with E-state index in [0.717, 1.165) is 32.1 Å². The van der Waals surface area contributed by atoms with Crippen molar-refractivity contribution >= 4 is 17.7 Å². The van der Waals surface area contributed by atoms with E-state index in [4.69, 9.17) is 9.47 Å². The molecule has 1 aliphatic carbocycles. The molecule has 0 spiro atoms. The van der Waals surface area contributed by atoms with Gasteiger partial charge in [0.15, 0.2) is 0 Å². The van der Waals surface area contributed by atoms with Gasteiger partial charge in [0, 0.05) is 43.7 Å². The smallest absolute Gasteiger partial charge is 0.411 e. The minimum atomic E-state index is -4.47. The standard InChI is InChI=1S/C31H43F4N5O5/c1-18(36-2)28(41)38-27(19-6-4-3-5-7-19)30(43)40-14-21-13-22(45-17-31(33,34)35)15-39(21)16-25(40)29(42)37-24-10-11-44-26-12-20(32)8-9-23(24)26/h8-9,12,18-19,21-22,24-25,27,36H,3-7,10-11,13-17H2,1-2H3,(H,37,42)(H,38,41)/t18-,21+,22+,24+,25-,27-/m0/s1. The Morgan fingerprint density at radius 1 is 1.09 bits per heavy atom. The summed E-state index contributed by atoms with van der Waals surface area (Å²) >= 11 is 0. The molecule has 3 amide bonds. The van der Waals surface area contributed by atoms with E-state index in [1.165, 1.54) is 17.0 Å². The van der Waals surface area contributed by atoms with Gasteiger partial charge in [0.1, 0.15) is 30.3 Å². The maximum Gasteiger partial charge on any atom is 0.411 e. The lowest BCUT2D eigenvalue weighted by atomic mass is 9.82. The summed E-state index contributed by atoms with van der Waals surface area (Å²) in [7, 11) is 1.65. The van der Waals surface area contributed by atoms with Crippen molar-refractivity contribution in [1.29, 1.82) is 0 Å². The topological polar surface area (TPSA) is 112 Å². The van der Waals surface area contributed by atoms with Gasteiger partial charge in [-0.15, -0.1) is 0 Å². The maximum atomic E-state index is 14.5. The number of benzene rings is 1. The largest absolute Gasteiger partial charge is 0.493 e. The Balaban J connectivity index is 1.40. The van der Waals surface area contributed by atoms with Crippen molar-refractivity contribution in [1.82, 2.24) is 25.8 Å². The van der Waals surface area contributed by atoms with E-state index in [1.807, 2.05) is 4.90 Å². The molecule has 14 heteroatoms. The van der Waals surface area contributed by atoms with Gasteiger partial charge >= 0.3 is 6.18 Å². The van der Waals surface area contributed by atoms with Crippen molar-refractivity contribution in [3.63, 3.8) is 0 Å². The summed E-state index contributed by atoms with van der Waals surface area (Å²) in [6, 6.07) is 0.985. The summed E-state index contributed by atoms with van der Waals surface area (Å²) in [6.07, 6.45) is -0.0360. The molecular formula is C31H43F4N5O5. The molecule has 0 bridgehead atoms. The van der Waals surface area contributed by atoms with Gasteiger partial charge in [0.25, 0.3) is 0 Å². The molecule has 0 radical (unpaired) electrons. The van der Waals surface area contributed by atoms with Gasteiger partial charge in [0.2, 0.25) is 17.7 Å². The molecule has 3 fully saturated rings. The van der Waals surface area contributed by atoms with Gasteiger partial charge in [-0.3, -0.25) is 19.3 Å². The molecular weight excluding hydrogens is 598 g/mol. The molecule has 1 aromatic carbocycles. The summed E-state index contributed by atoms with van der Waals surface area (Å²) in [4.78, 5) is 45.0. The van der Waals surface area contributed by atoms with Gasteiger partial charge in [0.05, 0.1) is 24.8 Å². The van der Waals surface area contributed by atoms with Crippen molar-refractivity contribution in [2.24, 2.45) is 5.92 Å². The number of alkyl halides is 3. The Labute approximate surface area is 260 Å². The van der Waals surface area contributed by atoms with E-state index < -0.39 is 54.8 Å². The molecule has 10 nitrogen and oxygen atoms in total. The molecule has 3 aliphatic heterocycles. The summed E-state index contributed by atoms with van der Waals surface area (Å²) in [5.41, 5.74) is 0.623. The molecule has 250 valence electrons. The quantitative estimate of drug-likeness (QED) is 0.356. The normalized spacial score (nSPS) is 27.1. The van der Waals surface area contributed by atoms with Crippen molar-refractivity contribution in [3.8, 4) is 5.75 Å². The van der Waals surface area contributed by atoms with Crippen LogP contribution in [0.3, 0.4) is 0 Å². The third kappa shape index (κ3) is 8.07. The second-order valence-electron chi connectivity index (χ2n) is 12.7. The summed E-state index contributed by atoms with van der Waals surface area (Å²) in [5.74, 6) is -1.35. The number of ether oxygens (including phenoxy) is 2. The Bertz CT molecular complexity index is 1230. The predicted molar refractivity (Wildman–Crippen MR) is 156 cm³/mol. The van der Waals surface area contributed by atoms with Crippen LogP contribution in [0.4, 0.5) is 17.6 Å². The first-order chi connectivity index (χ1) is 21.4. The zero-order chi connectivity index (χ0) is 32.3. The molecule has 0 aromatic heterocycles. The fourth-order valence-electron chi connectivity index (χ4n) is 7.05. The van der Waals surface area contributed by atoms with Crippen LogP contribution in [0.1, 0.15) is 63.5 Å². The Kier molecular flexibility index (Phi) is 10.5. The fourth-order valence-corrected chi connectivity index (χ4v) is 7.05. The first-order valence-corrected chi connectivity index (χ1v) is 15.9. The Morgan fingerprint density at radius 3 is 2.56 bits per heavy atom. The molecule has 6 atom stereocenters. The van der Waals surface area contributed by atoms with E-state index in [0.29, 0.717) is 17.7 Å². The van der Waals surface area contributed by atoms with Crippen LogP contribution in [-0.4, -0.2) is 104 Å². The van der Waals surface area contributed by atoms with E-state index in [1.54, 1.807) is 20.0 Å². The number of amides is 3. The fraction of sp³-hybridized carbons (Fsp3) is 0.710. The van der Waals surface area contributed by atoms with Crippen LogP contribution in [0.5, 0.6) is 5.75 Å². The highest BCUT2D eigenvalue weighted by atomic mass is 19.4. The predicted octanol–water partition coefficient (Wildman–Crippen LogP) is 2.67. The van der Waals surface area contributed by atoms with Gasteiger partial charge in [-0.1, -0.05) is 25.3 Å². The van der Waals surface area contributed by atoms with Crippen LogP contribution < -0.4 is 20.7 Å². The van der Waals surface area contributed by atoms with Gasteiger partial charge in [-0.25, -0.2) is 4.39 Å². The minimum absolute atomic E-state index is 0.103. The van der Waals surface area contributed by atoms with Gasteiger partial charge in [-0.2, -0.15) is 13.2 Å². The lowest BCUT2D eigenvalue weighted by molar-refractivity contribution is -0.183. The van der Waals surface area contributed by atoms with Crippen LogP contribution >= 0.6 is 0 Å². The number of likely N-dealkylation sites (N-methyl/N-ethyl adjacent to an activating group) is 1.